The topological polar surface area (TPSA) is 0 Å². The summed E-state index contributed by atoms with van der Waals surface area (Å²) in [6.07, 6.45) is 18.9. The normalized spacial score (nSPS) is 15.2. The van der Waals surface area contributed by atoms with Crippen LogP contribution < -0.4 is 0 Å². The average Bonchev–Trinajstić information content (AvgIpc) is 3.06. The van der Waals surface area contributed by atoms with Crippen molar-refractivity contribution < 1.29 is 1.43 Å². The van der Waals surface area contributed by atoms with Crippen molar-refractivity contribution in [2.75, 3.05) is 0 Å². The van der Waals surface area contributed by atoms with Crippen molar-refractivity contribution in [2.45, 2.75) is 73.1 Å². The van der Waals surface area contributed by atoms with E-state index in [0.29, 0.717) is 0 Å². The van der Waals surface area contributed by atoms with Gasteiger partial charge in [-0.1, -0.05) is 111 Å². The number of allylic oxidation sites excluding steroid dienone is 8. The van der Waals surface area contributed by atoms with Crippen LogP contribution in [0.1, 0.15) is 72.4 Å². The van der Waals surface area contributed by atoms with Crippen LogP contribution in [0.3, 0.4) is 0 Å². The Morgan fingerprint density at radius 3 is 2.26 bits per heavy atom. The van der Waals surface area contributed by atoms with Crippen molar-refractivity contribution in [3.05, 3.63) is 107 Å². The molecular weight excluding hydrogens is 372 g/mol. The lowest BCUT2D eigenvalue weighted by molar-refractivity contribution is 0.818. The van der Waals surface area contributed by atoms with Gasteiger partial charge in [0.25, 0.3) is 0 Å². The van der Waals surface area contributed by atoms with Gasteiger partial charge in [-0.15, -0.1) is 0 Å². The highest BCUT2D eigenvalue weighted by Crippen LogP contribution is 2.26. The van der Waals surface area contributed by atoms with E-state index in [1.807, 2.05) is 13.8 Å². The maximum Gasteiger partial charge on any atom is 0 e. The predicted octanol–water partition coefficient (Wildman–Crippen LogP) is 9.82. The molecule has 0 amide bonds. The van der Waals surface area contributed by atoms with Gasteiger partial charge in [-0.05, 0) is 80.2 Å². The highest BCUT2D eigenvalue weighted by Gasteiger charge is 2.06. The summed E-state index contributed by atoms with van der Waals surface area (Å²) < 4.78 is 0. The van der Waals surface area contributed by atoms with E-state index in [1.54, 1.807) is 0 Å². The molecule has 0 nitrogen and oxygen atoms in total. The molecule has 0 aromatic heterocycles. The molecule has 0 heterocycles. The van der Waals surface area contributed by atoms with Gasteiger partial charge in [0.05, 0.1) is 0 Å². The summed E-state index contributed by atoms with van der Waals surface area (Å²) >= 11 is 0. The fourth-order valence-corrected chi connectivity index (χ4v) is 3.90. The summed E-state index contributed by atoms with van der Waals surface area (Å²) in [5, 5.41) is 0. The molecule has 0 fully saturated rings. The Morgan fingerprint density at radius 2 is 1.58 bits per heavy atom. The highest BCUT2D eigenvalue weighted by atomic mass is 14.1. The molecule has 0 unspecified atom stereocenters. The second kappa shape index (κ2) is 13.7. The van der Waals surface area contributed by atoms with Crippen molar-refractivity contribution >= 4 is 0 Å². The monoisotopic (exact) mass is 414 g/mol. The van der Waals surface area contributed by atoms with Crippen LogP contribution in [-0.4, -0.2) is 0 Å². The van der Waals surface area contributed by atoms with E-state index in [-0.39, 0.29) is 1.43 Å². The van der Waals surface area contributed by atoms with Gasteiger partial charge in [-0.3, -0.25) is 0 Å². The first-order valence-corrected chi connectivity index (χ1v) is 12.1. The lowest BCUT2D eigenvalue weighted by Gasteiger charge is -2.09. The number of hydrogen-bond donors (Lipinski definition) is 0. The molecule has 0 saturated heterocycles. The SMILES string of the molecule is CC.CC1=CC=C(C2=CCCC=C2)CCC1.CCc1ccccc1-c1ccc(C)cc1.[HH]. The lowest BCUT2D eigenvalue weighted by Crippen LogP contribution is -1.90. The van der Waals surface area contributed by atoms with E-state index >= 15 is 0 Å². The fraction of sp³-hybridized carbons (Fsp3) is 0.355. The Labute approximate surface area is 192 Å². The Bertz CT molecular complexity index is 923. The van der Waals surface area contributed by atoms with Gasteiger partial charge in [-0.2, -0.15) is 0 Å². The smallest absolute Gasteiger partial charge is 0 e. The minimum absolute atomic E-state index is 0. The van der Waals surface area contributed by atoms with E-state index in [2.05, 4.69) is 99.7 Å². The summed E-state index contributed by atoms with van der Waals surface area (Å²) in [4.78, 5) is 0. The Balaban J connectivity index is 0.000000289. The van der Waals surface area contributed by atoms with E-state index in [0.717, 1.165) is 6.42 Å². The number of benzene rings is 2. The van der Waals surface area contributed by atoms with Crippen LogP contribution in [0.25, 0.3) is 11.1 Å². The maximum atomic E-state index is 2.38. The van der Waals surface area contributed by atoms with Gasteiger partial charge in [0.2, 0.25) is 0 Å². The third kappa shape index (κ3) is 7.87. The van der Waals surface area contributed by atoms with E-state index in [1.165, 1.54) is 71.1 Å². The molecule has 0 N–H and O–H groups in total. The summed E-state index contributed by atoms with van der Waals surface area (Å²) in [6, 6.07) is 17.3. The molecular formula is C31H42. The van der Waals surface area contributed by atoms with Crippen LogP contribution in [0.15, 0.2) is 95.6 Å². The third-order valence-corrected chi connectivity index (χ3v) is 5.71. The number of rotatable bonds is 3. The Morgan fingerprint density at radius 1 is 0.839 bits per heavy atom. The Kier molecular flexibility index (Phi) is 10.9. The molecule has 2 aliphatic carbocycles. The van der Waals surface area contributed by atoms with Crippen LogP contribution in [0.2, 0.25) is 0 Å². The second-order valence-corrected chi connectivity index (χ2v) is 8.07. The van der Waals surface area contributed by atoms with Crippen LogP contribution in [-0.2, 0) is 6.42 Å². The zero-order valence-corrected chi connectivity index (χ0v) is 20.2. The number of aryl methyl sites for hydroxylation is 2. The molecule has 0 aliphatic heterocycles. The van der Waals surface area contributed by atoms with E-state index in [9.17, 15) is 0 Å². The number of hydrogen-bond acceptors (Lipinski definition) is 0. The molecule has 2 aromatic carbocycles. The zero-order chi connectivity index (χ0) is 22.5. The second-order valence-electron chi connectivity index (χ2n) is 8.07. The van der Waals surface area contributed by atoms with E-state index < -0.39 is 0 Å². The van der Waals surface area contributed by atoms with Crippen molar-refractivity contribution in [3.8, 4) is 11.1 Å². The molecule has 0 heteroatoms. The van der Waals surface area contributed by atoms with Gasteiger partial charge in [0.15, 0.2) is 0 Å². The molecule has 2 aromatic rings. The van der Waals surface area contributed by atoms with Gasteiger partial charge >= 0.3 is 0 Å². The molecule has 166 valence electrons. The van der Waals surface area contributed by atoms with E-state index in [4.69, 9.17) is 0 Å². The fourth-order valence-electron chi connectivity index (χ4n) is 3.90. The average molecular weight is 415 g/mol. The van der Waals surface area contributed by atoms with Crippen molar-refractivity contribution in [1.82, 2.24) is 0 Å². The first-order valence-electron chi connectivity index (χ1n) is 12.1. The first-order chi connectivity index (χ1) is 15.2. The molecule has 0 bridgehead atoms. The van der Waals surface area contributed by atoms with Crippen molar-refractivity contribution in [2.24, 2.45) is 0 Å². The van der Waals surface area contributed by atoms with Gasteiger partial charge < -0.3 is 0 Å². The molecule has 2 aliphatic rings. The van der Waals surface area contributed by atoms with Gasteiger partial charge in [-0.25, -0.2) is 0 Å². The summed E-state index contributed by atoms with van der Waals surface area (Å²) in [5.41, 5.74) is 9.91. The zero-order valence-electron chi connectivity index (χ0n) is 20.2. The summed E-state index contributed by atoms with van der Waals surface area (Å²) in [7, 11) is 0. The largest absolute Gasteiger partial charge is 0.0836 e. The summed E-state index contributed by atoms with van der Waals surface area (Å²) in [5.74, 6) is 0. The molecule has 0 radical (unpaired) electrons. The standard InChI is InChI=1S/C15H16.C14H18.C2H6.H2/c1-3-13-6-4-5-7-15(13)14-10-8-12(2)9-11-14;1-12-6-5-9-14(11-10-12)13-7-3-2-4-8-13;1-2;/h4-11H,3H2,1-2H3;3,7-8,10-11H,2,4-6,9H2,1H3;1-2H3;1H. The predicted molar refractivity (Wildman–Crippen MR) is 142 cm³/mol. The van der Waals surface area contributed by atoms with Crippen LogP contribution >= 0.6 is 0 Å². The van der Waals surface area contributed by atoms with Crippen molar-refractivity contribution in [3.63, 3.8) is 0 Å². The molecule has 0 spiro atoms. The molecule has 0 atom stereocenters. The van der Waals surface area contributed by atoms with Crippen LogP contribution in [0, 0.1) is 6.92 Å². The lowest BCUT2D eigenvalue weighted by atomic mass is 9.96. The highest BCUT2D eigenvalue weighted by molar-refractivity contribution is 5.67. The van der Waals surface area contributed by atoms with Gasteiger partial charge in [0.1, 0.15) is 0 Å². The Hall–Kier alpha value is -2.60. The van der Waals surface area contributed by atoms with Crippen LogP contribution in [0.5, 0.6) is 0 Å². The molecule has 0 saturated carbocycles. The van der Waals surface area contributed by atoms with Gasteiger partial charge in [0, 0.05) is 1.43 Å². The maximum absolute atomic E-state index is 2.38. The minimum Gasteiger partial charge on any atom is -0.0836 e. The molecule has 4 rings (SSSR count). The molecule has 31 heavy (non-hydrogen) atoms. The minimum atomic E-state index is 0. The first kappa shape index (κ1) is 24.7. The quantitative estimate of drug-likeness (QED) is 0.469. The summed E-state index contributed by atoms with van der Waals surface area (Å²) in [6.45, 7) is 10.5. The third-order valence-electron chi connectivity index (χ3n) is 5.71. The van der Waals surface area contributed by atoms with Crippen LogP contribution in [0.4, 0.5) is 0 Å². The van der Waals surface area contributed by atoms with Crippen molar-refractivity contribution in [1.29, 1.82) is 0 Å².